The summed E-state index contributed by atoms with van der Waals surface area (Å²) in [6.07, 6.45) is -1.03. The molecule has 0 radical (unpaired) electrons. The highest BCUT2D eigenvalue weighted by atomic mass is 32.2. The maximum absolute atomic E-state index is 13.1. The first-order valence-corrected chi connectivity index (χ1v) is 6.83. The Morgan fingerprint density at radius 2 is 2.16 bits per heavy atom. The second kappa shape index (κ2) is 6.25. The molecule has 0 amide bonds. The molecule has 1 aliphatic rings. The number of carbonyl (C=O) groups is 1. The van der Waals surface area contributed by atoms with Crippen LogP contribution in [0, 0.1) is 0 Å². The third-order valence-corrected chi connectivity index (χ3v) is 4.14. The molecule has 1 aromatic rings. The predicted octanol–water partition coefficient (Wildman–Crippen LogP) is 2.01. The lowest BCUT2D eigenvalue weighted by atomic mass is 10.2. The standard InChI is InChI=1S/C13H15FO4S/c1-17-9-4-2-8(3-5-9)12(15)18-7-10-6-11(14)13(16)19-10/h2-5,10-11,13,16H,6-7H2,1H3. The molecule has 3 unspecified atom stereocenters. The van der Waals surface area contributed by atoms with E-state index in [1.165, 1.54) is 0 Å². The number of benzene rings is 1. The average molecular weight is 286 g/mol. The van der Waals surface area contributed by atoms with E-state index in [0.29, 0.717) is 11.3 Å². The summed E-state index contributed by atoms with van der Waals surface area (Å²) in [6.45, 7) is 0.104. The van der Waals surface area contributed by atoms with Crippen LogP contribution in [-0.4, -0.2) is 41.7 Å². The van der Waals surface area contributed by atoms with Gasteiger partial charge in [0.1, 0.15) is 24.0 Å². The van der Waals surface area contributed by atoms with Gasteiger partial charge >= 0.3 is 5.97 Å². The van der Waals surface area contributed by atoms with Crippen molar-refractivity contribution >= 4 is 17.7 Å². The molecule has 0 spiro atoms. The molecule has 3 atom stereocenters. The zero-order chi connectivity index (χ0) is 13.8. The van der Waals surface area contributed by atoms with E-state index in [0.717, 1.165) is 11.8 Å². The summed E-state index contributed by atoms with van der Waals surface area (Å²) in [6, 6.07) is 6.55. The Balaban J connectivity index is 1.84. The fraction of sp³-hybridized carbons (Fsp3) is 0.462. The number of ether oxygens (including phenoxy) is 2. The van der Waals surface area contributed by atoms with Crippen LogP contribution in [0.5, 0.6) is 5.75 Å². The summed E-state index contributed by atoms with van der Waals surface area (Å²) in [5.74, 6) is 0.200. The summed E-state index contributed by atoms with van der Waals surface area (Å²) in [7, 11) is 1.54. The van der Waals surface area contributed by atoms with E-state index in [1.54, 1.807) is 31.4 Å². The molecular weight excluding hydrogens is 271 g/mol. The van der Waals surface area contributed by atoms with Crippen LogP contribution in [0.2, 0.25) is 0 Å². The number of methoxy groups -OCH3 is 1. The van der Waals surface area contributed by atoms with Crippen LogP contribution in [0.25, 0.3) is 0 Å². The predicted molar refractivity (Wildman–Crippen MR) is 70.2 cm³/mol. The normalized spacial score (nSPS) is 26.2. The van der Waals surface area contributed by atoms with Crippen molar-refractivity contribution in [3.63, 3.8) is 0 Å². The number of halogens is 1. The summed E-state index contributed by atoms with van der Waals surface area (Å²) in [5, 5.41) is 9.05. The lowest BCUT2D eigenvalue weighted by molar-refractivity contribution is 0.0498. The molecule has 2 rings (SSSR count). The number of rotatable bonds is 4. The lowest BCUT2D eigenvalue weighted by Crippen LogP contribution is -2.15. The number of carbonyl (C=O) groups excluding carboxylic acids is 1. The van der Waals surface area contributed by atoms with E-state index >= 15 is 0 Å². The van der Waals surface area contributed by atoms with Crippen LogP contribution in [0.15, 0.2) is 24.3 Å². The Morgan fingerprint density at radius 1 is 1.47 bits per heavy atom. The lowest BCUT2D eigenvalue weighted by Gasteiger charge is -2.09. The summed E-state index contributed by atoms with van der Waals surface area (Å²) in [5.41, 5.74) is -0.592. The van der Waals surface area contributed by atoms with Crippen LogP contribution < -0.4 is 4.74 Å². The number of thioether (sulfide) groups is 1. The number of hydrogen-bond acceptors (Lipinski definition) is 5. The first kappa shape index (κ1) is 14.1. The van der Waals surface area contributed by atoms with Gasteiger partial charge in [0.05, 0.1) is 12.7 Å². The van der Waals surface area contributed by atoms with E-state index < -0.39 is 17.6 Å². The molecule has 0 aliphatic carbocycles. The van der Waals surface area contributed by atoms with E-state index in [2.05, 4.69) is 0 Å². The highest BCUT2D eigenvalue weighted by Gasteiger charge is 2.34. The van der Waals surface area contributed by atoms with Gasteiger partial charge in [-0.1, -0.05) is 0 Å². The monoisotopic (exact) mass is 286 g/mol. The van der Waals surface area contributed by atoms with Crippen molar-refractivity contribution < 1.29 is 23.8 Å². The van der Waals surface area contributed by atoms with Gasteiger partial charge in [-0.05, 0) is 30.7 Å². The first-order valence-electron chi connectivity index (χ1n) is 5.89. The van der Waals surface area contributed by atoms with Gasteiger partial charge in [-0.3, -0.25) is 0 Å². The summed E-state index contributed by atoms with van der Waals surface area (Å²) < 4.78 is 23.2. The third-order valence-electron chi connectivity index (χ3n) is 2.86. The Labute approximate surface area is 114 Å². The van der Waals surface area contributed by atoms with Gasteiger partial charge in [0.25, 0.3) is 0 Å². The highest BCUT2D eigenvalue weighted by Crippen LogP contribution is 2.34. The molecule has 1 saturated heterocycles. The van der Waals surface area contributed by atoms with E-state index in [1.807, 2.05) is 0 Å². The molecule has 1 fully saturated rings. The number of alkyl halides is 1. The zero-order valence-corrected chi connectivity index (χ0v) is 11.2. The quantitative estimate of drug-likeness (QED) is 0.858. The second-order valence-corrected chi connectivity index (χ2v) is 5.65. The number of esters is 1. The van der Waals surface area contributed by atoms with Crippen LogP contribution in [0.4, 0.5) is 4.39 Å². The molecule has 0 saturated carbocycles. The highest BCUT2D eigenvalue weighted by molar-refractivity contribution is 8.00. The SMILES string of the molecule is COc1ccc(C(=O)OCC2CC(F)C(O)S2)cc1. The Kier molecular flexibility index (Phi) is 4.66. The molecule has 1 N–H and O–H groups in total. The van der Waals surface area contributed by atoms with Gasteiger partial charge in [-0.15, -0.1) is 11.8 Å². The molecule has 0 bridgehead atoms. The number of hydrogen-bond donors (Lipinski definition) is 1. The Morgan fingerprint density at radius 3 is 2.68 bits per heavy atom. The molecule has 4 nitrogen and oxygen atoms in total. The Bertz CT molecular complexity index is 427. The molecule has 104 valence electrons. The fourth-order valence-electron chi connectivity index (χ4n) is 1.79. The van der Waals surface area contributed by atoms with Gasteiger partial charge < -0.3 is 14.6 Å². The van der Waals surface area contributed by atoms with Gasteiger partial charge in [0.15, 0.2) is 0 Å². The first-order chi connectivity index (χ1) is 9.10. The van der Waals surface area contributed by atoms with E-state index in [9.17, 15) is 14.3 Å². The molecule has 0 aromatic heterocycles. The summed E-state index contributed by atoms with van der Waals surface area (Å²) in [4.78, 5) is 11.7. The molecular formula is C13H15FO4S. The minimum Gasteiger partial charge on any atom is -0.497 e. The molecule has 6 heteroatoms. The zero-order valence-electron chi connectivity index (χ0n) is 10.4. The largest absolute Gasteiger partial charge is 0.497 e. The average Bonchev–Trinajstić information content (AvgIpc) is 2.75. The van der Waals surface area contributed by atoms with Crippen molar-refractivity contribution in [1.29, 1.82) is 0 Å². The van der Waals surface area contributed by atoms with E-state index in [4.69, 9.17) is 9.47 Å². The summed E-state index contributed by atoms with van der Waals surface area (Å²) >= 11 is 1.10. The fourth-order valence-corrected chi connectivity index (χ4v) is 2.91. The maximum atomic E-state index is 13.1. The smallest absolute Gasteiger partial charge is 0.338 e. The van der Waals surface area contributed by atoms with Crippen LogP contribution in [0.3, 0.4) is 0 Å². The minimum absolute atomic E-state index is 0.104. The van der Waals surface area contributed by atoms with Gasteiger partial charge in [-0.25, -0.2) is 9.18 Å². The van der Waals surface area contributed by atoms with E-state index in [-0.39, 0.29) is 18.3 Å². The third kappa shape index (κ3) is 3.61. The van der Waals surface area contributed by atoms with Gasteiger partial charge in [0, 0.05) is 5.25 Å². The molecule has 1 aliphatic heterocycles. The second-order valence-electron chi connectivity index (χ2n) is 4.23. The van der Waals surface area contributed by atoms with Crippen molar-refractivity contribution in [3.8, 4) is 5.75 Å². The number of aliphatic hydroxyl groups is 1. The Hall–Kier alpha value is -1.27. The topological polar surface area (TPSA) is 55.8 Å². The minimum atomic E-state index is -1.24. The van der Waals surface area contributed by atoms with Crippen molar-refractivity contribution in [3.05, 3.63) is 29.8 Å². The van der Waals surface area contributed by atoms with Gasteiger partial charge in [0.2, 0.25) is 0 Å². The van der Waals surface area contributed by atoms with Crippen molar-refractivity contribution in [1.82, 2.24) is 0 Å². The van der Waals surface area contributed by atoms with Crippen LogP contribution >= 0.6 is 11.8 Å². The molecule has 1 aromatic carbocycles. The van der Waals surface area contributed by atoms with Crippen LogP contribution in [0.1, 0.15) is 16.8 Å². The van der Waals surface area contributed by atoms with Crippen molar-refractivity contribution in [2.45, 2.75) is 23.3 Å². The van der Waals surface area contributed by atoms with Crippen molar-refractivity contribution in [2.24, 2.45) is 0 Å². The van der Waals surface area contributed by atoms with Gasteiger partial charge in [-0.2, -0.15) is 0 Å². The molecule has 19 heavy (non-hydrogen) atoms. The number of aliphatic hydroxyl groups excluding tert-OH is 1. The van der Waals surface area contributed by atoms with Crippen LogP contribution in [-0.2, 0) is 4.74 Å². The maximum Gasteiger partial charge on any atom is 0.338 e. The van der Waals surface area contributed by atoms with Crippen molar-refractivity contribution in [2.75, 3.05) is 13.7 Å². The molecule has 1 heterocycles.